The molecule has 0 spiro atoms. The lowest BCUT2D eigenvalue weighted by Crippen LogP contribution is -2.41. The number of aromatic nitrogens is 1. The smallest absolute Gasteiger partial charge is 0.270 e. The van der Waals surface area contributed by atoms with E-state index in [0.29, 0.717) is 11.4 Å². The number of anilines is 1. The van der Waals surface area contributed by atoms with Gasteiger partial charge < -0.3 is 15.1 Å². The monoisotopic (exact) mass is 380 g/mol. The van der Waals surface area contributed by atoms with Crippen LogP contribution in [-0.4, -0.2) is 27.8 Å². The minimum atomic E-state index is -0.860. The molecule has 0 bridgehead atoms. The molecule has 1 atom stereocenters. The van der Waals surface area contributed by atoms with Crippen molar-refractivity contribution < 1.29 is 18.9 Å². The summed E-state index contributed by atoms with van der Waals surface area (Å²) in [5, 5.41) is 16.1. The lowest BCUT2D eigenvalue weighted by molar-refractivity contribution is -0.384. The summed E-state index contributed by atoms with van der Waals surface area (Å²) in [5.41, 5.74) is 1.16. The van der Waals surface area contributed by atoms with E-state index >= 15 is 0 Å². The first kappa shape index (κ1) is 18.8. The summed E-state index contributed by atoms with van der Waals surface area (Å²) in [6, 6.07) is 11.4. The highest BCUT2D eigenvalue weighted by Crippen LogP contribution is 2.22. The molecule has 2 aromatic carbocycles. The van der Waals surface area contributed by atoms with Gasteiger partial charge >= 0.3 is 0 Å². The maximum Gasteiger partial charge on any atom is 0.270 e. The summed E-state index contributed by atoms with van der Waals surface area (Å²) in [6.07, 6.45) is 2.87. The van der Waals surface area contributed by atoms with Crippen LogP contribution in [0.25, 0.3) is 11.3 Å². The number of nitrogens with zero attached hydrogens (tertiary/aromatic N) is 2. The minimum absolute atomic E-state index is 0.0983. The summed E-state index contributed by atoms with van der Waals surface area (Å²) < 4.78 is 5.23. The zero-order valence-electron chi connectivity index (χ0n) is 14.8. The van der Waals surface area contributed by atoms with Crippen LogP contribution in [0.4, 0.5) is 11.4 Å². The number of hydrogen-bond acceptors (Lipinski definition) is 6. The molecule has 0 radical (unpaired) electrons. The Labute approximate surface area is 159 Å². The second-order valence-corrected chi connectivity index (χ2v) is 5.94. The van der Waals surface area contributed by atoms with Crippen LogP contribution in [0, 0.1) is 10.1 Å². The van der Waals surface area contributed by atoms with Gasteiger partial charge in [0.25, 0.3) is 11.6 Å². The summed E-state index contributed by atoms with van der Waals surface area (Å²) in [5.74, 6) is -0.460. The first-order valence-electron chi connectivity index (χ1n) is 8.29. The third-order valence-electron chi connectivity index (χ3n) is 3.91. The summed E-state index contributed by atoms with van der Waals surface area (Å²) >= 11 is 0. The molecule has 3 rings (SSSR count). The molecule has 1 aromatic heterocycles. The predicted molar refractivity (Wildman–Crippen MR) is 101 cm³/mol. The van der Waals surface area contributed by atoms with Crippen LogP contribution in [0.1, 0.15) is 17.3 Å². The highest BCUT2D eigenvalue weighted by Gasteiger charge is 2.18. The Morgan fingerprint density at radius 1 is 1.18 bits per heavy atom. The van der Waals surface area contributed by atoms with Gasteiger partial charge in [0.15, 0.2) is 12.2 Å². The van der Waals surface area contributed by atoms with E-state index in [1.54, 1.807) is 24.4 Å². The van der Waals surface area contributed by atoms with Gasteiger partial charge in [0.05, 0.1) is 11.1 Å². The van der Waals surface area contributed by atoms with E-state index in [9.17, 15) is 19.7 Å². The van der Waals surface area contributed by atoms with Crippen molar-refractivity contribution in [2.75, 3.05) is 5.32 Å². The fourth-order valence-corrected chi connectivity index (χ4v) is 2.47. The van der Waals surface area contributed by atoms with Crippen LogP contribution >= 0.6 is 0 Å². The van der Waals surface area contributed by atoms with Crippen molar-refractivity contribution in [1.29, 1.82) is 0 Å². The van der Waals surface area contributed by atoms with Gasteiger partial charge in [-0.15, -0.1) is 0 Å². The Kier molecular flexibility index (Phi) is 5.45. The number of non-ortho nitro benzene ring substituents is 1. The maximum atomic E-state index is 12.4. The Balaban J connectivity index is 1.65. The lowest BCUT2D eigenvalue weighted by Gasteiger charge is -2.14. The predicted octanol–water partition coefficient (Wildman–Crippen LogP) is 3.01. The molecule has 0 saturated carbocycles. The van der Waals surface area contributed by atoms with Crippen molar-refractivity contribution in [3.63, 3.8) is 0 Å². The molecular formula is C19H16N4O5. The number of benzene rings is 2. The topological polar surface area (TPSA) is 127 Å². The van der Waals surface area contributed by atoms with E-state index < -0.39 is 22.8 Å². The molecule has 0 saturated heterocycles. The number of nitro groups is 1. The van der Waals surface area contributed by atoms with Crippen molar-refractivity contribution >= 4 is 23.2 Å². The SMILES string of the molecule is CC(NC(=O)c1cccc([N+](=O)[O-])c1)C(=O)Nc1cccc(-c2cnco2)c1. The molecule has 28 heavy (non-hydrogen) atoms. The van der Waals surface area contributed by atoms with Crippen LogP contribution in [0.5, 0.6) is 0 Å². The molecule has 9 nitrogen and oxygen atoms in total. The molecule has 0 fully saturated rings. The van der Waals surface area contributed by atoms with Gasteiger partial charge in [-0.2, -0.15) is 0 Å². The molecule has 3 aromatic rings. The van der Waals surface area contributed by atoms with Gasteiger partial charge in [0.2, 0.25) is 5.91 Å². The fraction of sp³-hybridized carbons (Fsp3) is 0.105. The number of amides is 2. The summed E-state index contributed by atoms with van der Waals surface area (Å²) in [6.45, 7) is 1.52. The number of hydrogen-bond donors (Lipinski definition) is 2. The average molecular weight is 380 g/mol. The molecular weight excluding hydrogens is 364 g/mol. The van der Waals surface area contributed by atoms with Gasteiger partial charge in [0, 0.05) is 28.9 Å². The van der Waals surface area contributed by atoms with Crippen molar-refractivity contribution in [1.82, 2.24) is 10.3 Å². The zero-order chi connectivity index (χ0) is 20.1. The van der Waals surface area contributed by atoms with Crippen LogP contribution in [0.2, 0.25) is 0 Å². The molecule has 0 aliphatic heterocycles. The molecule has 142 valence electrons. The van der Waals surface area contributed by atoms with Gasteiger partial charge in [0.1, 0.15) is 6.04 Å². The van der Waals surface area contributed by atoms with Crippen LogP contribution in [-0.2, 0) is 4.79 Å². The normalized spacial score (nSPS) is 11.5. The third-order valence-corrected chi connectivity index (χ3v) is 3.91. The molecule has 2 N–H and O–H groups in total. The average Bonchev–Trinajstić information content (AvgIpc) is 3.23. The van der Waals surface area contributed by atoms with E-state index in [2.05, 4.69) is 15.6 Å². The second-order valence-electron chi connectivity index (χ2n) is 5.94. The number of rotatable bonds is 6. The number of carbonyl (C=O) groups excluding carboxylic acids is 2. The highest BCUT2D eigenvalue weighted by molar-refractivity contribution is 6.01. The Bertz CT molecular complexity index is 1020. The number of nitro benzene ring substituents is 1. The van der Waals surface area contributed by atoms with Gasteiger partial charge in [-0.25, -0.2) is 4.98 Å². The maximum absolute atomic E-state index is 12.4. The fourth-order valence-electron chi connectivity index (χ4n) is 2.47. The number of nitrogens with one attached hydrogen (secondary N) is 2. The van der Waals surface area contributed by atoms with Crippen LogP contribution < -0.4 is 10.6 Å². The van der Waals surface area contributed by atoms with Gasteiger partial charge in [-0.1, -0.05) is 18.2 Å². The van der Waals surface area contributed by atoms with E-state index in [1.165, 1.54) is 31.5 Å². The summed E-state index contributed by atoms with van der Waals surface area (Å²) in [4.78, 5) is 38.7. The first-order chi connectivity index (χ1) is 13.4. The van der Waals surface area contributed by atoms with E-state index in [-0.39, 0.29) is 11.3 Å². The zero-order valence-corrected chi connectivity index (χ0v) is 14.8. The molecule has 0 aliphatic rings. The van der Waals surface area contributed by atoms with Gasteiger partial charge in [-0.3, -0.25) is 19.7 Å². The largest absolute Gasteiger partial charge is 0.444 e. The van der Waals surface area contributed by atoms with E-state index in [4.69, 9.17) is 4.42 Å². The quantitative estimate of drug-likeness (QED) is 0.500. The standard InChI is InChI=1S/C19H16N4O5/c1-12(21-19(25)14-5-3-7-16(9-14)23(26)27)18(24)22-15-6-2-4-13(8-15)17-10-20-11-28-17/h2-12H,1H3,(H,21,25)(H,22,24). The Morgan fingerprint density at radius 3 is 2.68 bits per heavy atom. The second kappa shape index (κ2) is 8.12. The van der Waals surface area contributed by atoms with Crippen molar-refractivity contribution in [2.45, 2.75) is 13.0 Å². The van der Waals surface area contributed by atoms with Crippen LogP contribution in [0.15, 0.2) is 65.5 Å². The summed E-state index contributed by atoms with van der Waals surface area (Å²) in [7, 11) is 0. The molecule has 1 unspecified atom stereocenters. The number of carbonyl (C=O) groups is 2. The molecule has 2 amide bonds. The molecule has 1 heterocycles. The Hall–Kier alpha value is -4.01. The van der Waals surface area contributed by atoms with E-state index in [1.807, 2.05) is 6.07 Å². The van der Waals surface area contributed by atoms with Crippen molar-refractivity contribution in [3.05, 3.63) is 76.8 Å². The first-order valence-corrected chi connectivity index (χ1v) is 8.29. The van der Waals surface area contributed by atoms with Crippen molar-refractivity contribution in [2.24, 2.45) is 0 Å². The minimum Gasteiger partial charge on any atom is -0.444 e. The van der Waals surface area contributed by atoms with Gasteiger partial charge in [-0.05, 0) is 25.1 Å². The molecule has 0 aliphatic carbocycles. The van der Waals surface area contributed by atoms with Crippen molar-refractivity contribution in [3.8, 4) is 11.3 Å². The highest BCUT2D eigenvalue weighted by atomic mass is 16.6. The Morgan fingerprint density at radius 2 is 1.96 bits per heavy atom. The molecule has 9 heteroatoms. The lowest BCUT2D eigenvalue weighted by atomic mass is 10.1. The van der Waals surface area contributed by atoms with E-state index in [0.717, 1.165) is 11.6 Å². The third kappa shape index (κ3) is 4.39. The number of oxazole rings is 1. The van der Waals surface area contributed by atoms with Crippen LogP contribution in [0.3, 0.4) is 0 Å².